The lowest BCUT2D eigenvalue weighted by molar-refractivity contribution is -0.154. The van der Waals surface area contributed by atoms with Gasteiger partial charge in [0.2, 0.25) is 5.60 Å². The molecule has 0 amide bonds. The summed E-state index contributed by atoms with van der Waals surface area (Å²) in [5, 5.41) is 11.1. The van der Waals surface area contributed by atoms with Gasteiger partial charge < -0.3 is 19.3 Å². The Morgan fingerprint density at radius 3 is 1.94 bits per heavy atom. The monoisotopic (exact) mass is 474 g/mol. The molecular weight excluding hydrogens is 451 g/mol. The molecule has 3 aromatic rings. The number of hydrogen-bond donors (Lipinski definition) is 1. The van der Waals surface area contributed by atoms with Crippen molar-refractivity contribution < 1.29 is 24.1 Å². The van der Waals surface area contributed by atoms with E-state index in [1.165, 1.54) is 6.92 Å². The molecule has 0 aliphatic rings. The highest BCUT2D eigenvalue weighted by Gasteiger charge is 2.38. The summed E-state index contributed by atoms with van der Waals surface area (Å²) in [6, 6.07) is 19.1. The van der Waals surface area contributed by atoms with Gasteiger partial charge in [0, 0.05) is 22.0 Å². The minimum Gasteiger partial charge on any atom is -0.493 e. The minimum atomic E-state index is -1.56. The molecule has 0 bridgehead atoms. The number of ether oxygens (including phenoxy) is 3. The van der Waals surface area contributed by atoms with Crippen LogP contribution in [0.4, 0.5) is 0 Å². The number of aryl methyl sites for hydroxylation is 1. The predicted octanol–water partition coefficient (Wildman–Crippen LogP) is 6.53. The first-order chi connectivity index (χ1) is 15.3. The molecule has 7 heteroatoms. The van der Waals surface area contributed by atoms with Crippen LogP contribution in [-0.2, 0) is 10.4 Å². The second kappa shape index (κ2) is 10.6. The maximum Gasteiger partial charge on any atom is 0.352 e. The summed E-state index contributed by atoms with van der Waals surface area (Å²) in [7, 11) is 0. The molecule has 0 aromatic heterocycles. The molecule has 5 nitrogen and oxygen atoms in total. The van der Waals surface area contributed by atoms with E-state index in [4.69, 9.17) is 37.4 Å². The first kappa shape index (κ1) is 23.8. The first-order valence-corrected chi connectivity index (χ1v) is 10.8. The van der Waals surface area contributed by atoms with Gasteiger partial charge in [0.15, 0.2) is 0 Å². The number of carboxylic acids is 1. The molecule has 3 aromatic carbocycles. The van der Waals surface area contributed by atoms with Gasteiger partial charge in [-0.2, -0.15) is 0 Å². The van der Waals surface area contributed by atoms with E-state index in [0.29, 0.717) is 46.7 Å². The number of halogens is 2. The first-order valence-electron chi connectivity index (χ1n) is 10.1. The fraction of sp³-hybridized carbons (Fsp3) is 0.240. The maximum atomic E-state index is 12.0. The zero-order valence-electron chi connectivity index (χ0n) is 17.8. The molecule has 1 N–H and O–H groups in total. The lowest BCUT2D eigenvalue weighted by atomic mass is 9.95. The van der Waals surface area contributed by atoms with Gasteiger partial charge in [0.1, 0.15) is 17.2 Å². The van der Waals surface area contributed by atoms with Gasteiger partial charge in [-0.15, -0.1) is 0 Å². The summed E-state index contributed by atoms with van der Waals surface area (Å²) in [5.74, 6) is 0.717. The van der Waals surface area contributed by atoms with Crippen molar-refractivity contribution in [1.82, 2.24) is 0 Å². The molecule has 0 saturated carbocycles. The number of carboxylic acid groups (broad SMARTS) is 1. The topological polar surface area (TPSA) is 65.0 Å². The SMILES string of the molecule is Cc1cc(OC(C)(C(=O)O)c2ccc(OCCCOc3ccc(Cl)cc3)cc2)ccc1Cl. The Morgan fingerprint density at radius 2 is 1.41 bits per heavy atom. The molecule has 0 heterocycles. The quantitative estimate of drug-likeness (QED) is 0.338. The second-order valence-corrected chi connectivity index (χ2v) is 8.22. The van der Waals surface area contributed by atoms with Crippen molar-refractivity contribution in [3.63, 3.8) is 0 Å². The average Bonchev–Trinajstić information content (AvgIpc) is 2.77. The molecule has 0 aliphatic carbocycles. The zero-order chi connectivity index (χ0) is 23.1. The molecule has 0 aliphatic heterocycles. The van der Waals surface area contributed by atoms with Crippen LogP contribution in [0, 0.1) is 6.92 Å². The Bertz CT molecular complexity index is 1050. The summed E-state index contributed by atoms with van der Waals surface area (Å²) in [5.41, 5.74) is -0.262. The van der Waals surface area contributed by atoms with Crippen LogP contribution in [0.1, 0.15) is 24.5 Å². The Morgan fingerprint density at radius 1 is 0.875 bits per heavy atom. The summed E-state index contributed by atoms with van der Waals surface area (Å²) >= 11 is 11.9. The smallest absolute Gasteiger partial charge is 0.352 e. The third kappa shape index (κ3) is 6.09. The molecule has 0 saturated heterocycles. The zero-order valence-corrected chi connectivity index (χ0v) is 19.3. The van der Waals surface area contributed by atoms with Gasteiger partial charge in [-0.25, -0.2) is 4.79 Å². The van der Waals surface area contributed by atoms with Crippen LogP contribution in [0.2, 0.25) is 10.0 Å². The number of carbonyl (C=O) groups is 1. The molecule has 32 heavy (non-hydrogen) atoms. The van der Waals surface area contributed by atoms with Crippen LogP contribution >= 0.6 is 23.2 Å². The van der Waals surface area contributed by atoms with E-state index in [0.717, 1.165) is 11.3 Å². The van der Waals surface area contributed by atoms with Crippen molar-refractivity contribution >= 4 is 29.2 Å². The molecule has 3 rings (SSSR count). The van der Waals surface area contributed by atoms with Crippen LogP contribution < -0.4 is 14.2 Å². The predicted molar refractivity (Wildman–Crippen MR) is 125 cm³/mol. The van der Waals surface area contributed by atoms with E-state index in [1.807, 2.05) is 19.1 Å². The molecule has 1 atom stereocenters. The average molecular weight is 475 g/mol. The highest BCUT2D eigenvalue weighted by molar-refractivity contribution is 6.31. The van der Waals surface area contributed by atoms with Crippen molar-refractivity contribution in [3.8, 4) is 17.2 Å². The Balaban J connectivity index is 1.56. The van der Waals surface area contributed by atoms with Crippen LogP contribution in [-0.4, -0.2) is 24.3 Å². The number of rotatable bonds is 10. The largest absolute Gasteiger partial charge is 0.493 e. The fourth-order valence-corrected chi connectivity index (χ4v) is 3.22. The van der Waals surface area contributed by atoms with E-state index in [1.54, 1.807) is 54.6 Å². The van der Waals surface area contributed by atoms with Crippen LogP contribution in [0.5, 0.6) is 17.2 Å². The number of benzene rings is 3. The summed E-state index contributed by atoms with van der Waals surface area (Å²) in [4.78, 5) is 12.0. The van der Waals surface area contributed by atoms with E-state index in [9.17, 15) is 9.90 Å². The van der Waals surface area contributed by atoms with Crippen LogP contribution in [0.15, 0.2) is 66.7 Å². The van der Waals surface area contributed by atoms with Crippen molar-refractivity contribution in [2.75, 3.05) is 13.2 Å². The third-order valence-electron chi connectivity index (χ3n) is 4.90. The van der Waals surface area contributed by atoms with Gasteiger partial charge >= 0.3 is 5.97 Å². The molecule has 0 fully saturated rings. The number of hydrogen-bond acceptors (Lipinski definition) is 4. The highest BCUT2D eigenvalue weighted by Crippen LogP contribution is 2.31. The van der Waals surface area contributed by atoms with Gasteiger partial charge in [-0.1, -0.05) is 35.3 Å². The van der Waals surface area contributed by atoms with Crippen LogP contribution in [0.25, 0.3) is 0 Å². The summed E-state index contributed by atoms with van der Waals surface area (Å²) in [6.07, 6.45) is 0.691. The summed E-state index contributed by atoms with van der Waals surface area (Å²) < 4.78 is 17.2. The standard InChI is InChI=1S/C25H24Cl2O5/c1-17-16-22(12-13-23(17)27)32-25(2,24(28)29)18-4-8-20(9-5-18)30-14-3-15-31-21-10-6-19(26)7-11-21/h4-13,16H,3,14-15H2,1-2H3,(H,28,29). The summed E-state index contributed by atoms with van der Waals surface area (Å²) in [6.45, 7) is 4.32. The molecular formula is C25H24Cl2O5. The third-order valence-corrected chi connectivity index (χ3v) is 5.58. The maximum absolute atomic E-state index is 12.0. The van der Waals surface area contributed by atoms with Crippen LogP contribution in [0.3, 0.4) is 0 Å². The highest BCUT2D eigenvalue weighted by atomic mass is 35.5. The van der Waals surface area contributed by atoms with Gasteiger partial charge in [0.05, 0.1) is 13.2 Å². The molecule has 1 unspecified atom stereocenters. The van der Waals surface area contributed by atoms with Crippen molar-refractivity contribution in [2.45, 2.75) is 25.9 Å². The van der Waals surface area contributed by atoms with E-state index >= 15 is 0 Å². The molecule has 168 valence electrons. The Hall–Kier alpha value is -2.89. The Labute approximate surface area is 197 Å². The normalized spacial score (nSPS) is 12.6. The second-order valence-electron chi connectivity index (χ2n) is 7.38. The van der Waals surface area contributed by atoms with E-state index in [-0.39, 0.29) is 0 Å². The Kier molecular flexibility index (Phi) is 7.89. The van der Waals surface area contributed by atoms with Gasteiger partial charge in [0.25, 0.3) is 0 Å². The van der Waals surface area contributed by atoms with E-state index in [2.05, 4.69) is 0 Å². The van der Waals surface area contributed by atoms with Gasteiger partial charge in [-0.05, 0) is 74.0 Å². The van der Waals surface area contributed by atoms with Crippen molar-refractivity contribution in [1.29, 1.82) is 0 Å². The van der Waals surface area contributed by atoms with E-state index < -0.39 is 11.6 Å². The molecule has 0 radical (unpaired) electrons. The van der Waals surface area contributed by atoms with Crippen molar-refractivity contribution in [2.24, 2.45) is 0 Å². The van der Waals surface area contributed by atoms with Crippen molar-refractivity contribution in [3.05, 3.63) is 87.9 Å². The van der Waals surface area contributed by atoms with Gasteiger partial charge in [-0.3, -0.25) is 0 Å². The minimum absolute atomic E-state index is 0.429. The fourth-order valence-electron chi connectivity index (χ4n) is 2.98. The lowest BCUT2D eigenvalue weighted by Gasteiger charge is -2.27. The number of aliphatic carboxylic acids is 1. The molecule has 0 spiro atoms. The lowest BCUT2D eigenvalue weighted by Crippen LogP contribution is -2.38.